The average Bonchev–Trinajstić information content (AvgIpc) is 2.31. The minimum Gasteiger partial charge on any atom is -0.460 e. The molecule has 0 saturated carbocycles. The van der Waals surface area contributed by atoms with Crippen LogP contribution >= 0.6 is 0 Å². The maximum atomic E-state index is 11.4. The highest BCUT2D eigenvalue weighted by atomic mass is 17.5. The van der Waals surface area contributed by atoms with Crippen LogP contribution in [0.15, 0.2) is 24.3 Å². The summed E-state index contributed by atoms with van der Waals surface area (Å²) in [4.78, 5) is 31.4. The quantitative estimate of drug-likeness (QED) is 0.481. The van der Waals surface area contributed by atoms with Crippen molar-refractivity contribution in [3.63, 3.8) is 0 Å². The molecule has 2 aliphatic heterocycles. The first-order valence-corrected chi connectivity index (χ1v) is 4.55. The number of carbonyl (C=O) groups excluding carboxylic acids is 2. The van der Waals surface area contributed by atoms with Gasteiger partial charge >= 0.3 is 11.9 Å². The van der Waals surface area contributed by atoms with Crippen LogP contribution in [0.4, 0.5) is 0 Å². The van der Waals surface area contributed by atoms with Crippen LogP contribution in [0.3, 0.4) is 0 Å². The second-order valence-corrected chi connectivity index (χ2v) is 2.97. The molecule has 6 nitrogen and oxygen atoms in total. The predicted molar refractivity (Wildman–Crippen MR) is 49.2 cm³/mol. The molecule has 2 bridgehead atoms. The molecule has 0 N–H and O–H groups in total. The standard InChI is InChI=1S/C10H8O6/c11-9-7-1-3-8(4-2-7)10(12)15-16-14-6-5-13-9/h1-4H,5-6H2. The first-order chi connectivity index (χ1) is 7.77. The van der Waals surface area contributed by atoms with Gasteiger partial charge in [-0.25, -0.2) is 9.59 Å². The van der Waals surface area contributed by atoms with Crippen LogP contribution in [0.1, 0.15) is 20.7 Å². The number of rotatable bonds is 0. The van der Waals surface area contributed by atoms with E-state index in [-0.39, 0.29) is 18.8 Å². The SMILES string of the molecule is O=C1OCCOOOC(=O)c2ccc1cc2. The van der Waals surface area contributed by atoms with E-state index in [9.17, 15) is 9.59 Å². The maximum absolute atomic E-state index is 11.4. The summed E-state index contributed by atoms with van der Waals surface area (Å²) in [6, 6.07) is 5.82. The Kier molecular flexibility index (Phi) is 3.13. The fourth-order valence-electron chi connectivity index (χ4n) is 1.13. The van der Waals surface area contributed by atoms with Gasteiger partial charge in [0.15, 0.2) is 0 Å². The summed E-state index contributed by atoms with van der Waals surface area (Å²) in [6.07, 6.45) is 0. The molecule has 0 amide bonds. The van der Waals surface area contributed by atoms with Crippen molar-refractivity contribution in [3.05, 3.63) is 35.4 Å². The molecular formula is C10H8O6. The van der Waals surface area contributed by atoms with Crippen molar-refractivity contribution in [1.82, 2.24) is 0 Å². The Bertz CT molecular complexity index is 357. The third kappa shape index (κ3) is 2.36. The molecule has 2 aliphatic rings. The van der Waals surface area contributed by atoms with E-state index in [1.807, 2.05) is 0 Å². The zero-order valence-electron chi connectivity index (χ0n) is 8.17. The molecule has 6 heteroatoms. The summed E-state index contributed by atoms with van der Waals surface area (Å²) in [5.41, 5.74) is 0.610. The van der Waals surface area contributed by atoms with Crippen LogP contribution in [0, 0.1) is 0 Å². The van der Waals surface area contributed by atoms with E-state index in [0.717, 1.165) is 0 Å². The second kappa shape index (κ2) is 4.73. The molecule has 0 aromatic heterocycles. The Labute approximate surface area is 90.5 Å². The number of hydrogen-bond acceptors (Lipinski definition) is 6. The van der Waals surface area contributed by atoms with Crippen LogP contribution in [-0.4, -0.2) is 25.2 Å². The normalized spacial score (nSPS) is 17.0. The van der Waals surface area contributed by atoms with Gasteiger partial charge in [-0.2, -0.15) is 4.89 Å². The van der Waals surface area contributed by atoms with E-state index >= 15 is 0 Å². The largest absolute Gasteiger partial charge is 0.460 e. The highest BCUT2D eigenvalue weighted by molar-refractivity contribution is 5.93. The van der Waals surface area contributed by atoms with Crippen molar-refractivity contribution in [2.45, 2.75) is 0 Å². The Hall–Kier alpha value is -1.92. The molecule has 1 aromatic carbocycles. The van der Waals surface area contributed by atoms with Gasteiger partial charge in [-0.3, -0.25) is 4.89 Å². The highest BCUT2D eigenvalue weighted by Crippen LogP contribution is 2.08. The molecular weight excluding hydrogens is 216 g/mol. The van der Waals surface area contributed by atoms with Crippen molar-refractivity contribution in [2.75, 3.05) is 13.2 Å². The van der Waals surface area contributed by atoms with E-state index in [1.165, 1.54) is 24.3 Å². The maximum Gasteiger partial charge on any atom is 0.376 e. The average molecular weight is 224 g/mol. The molecule has 16 heavy (non-hydrogen) atoms. The van der Waals surface area contributed by atoms with Gasteiger partial charge in [-0.15, -0.1) is 0 Å². The van der Waals surface area contributed by atoms with Gasteiger partial charge in [-0.05, 0) is 29.3 Å². The monoisotopic (exact) mass is 224 g/mol. The van der Waals surface area contributed by atoms with Crippen molar-refractivity contribution >= 4 is 11.9 Å². The number of hydrogen-bond donors (Lipinski definition) is 0. The van der Waals surface area contributed by atoms with Gasteiger partial charge in [0.25, 0.3) is 0 Å². The summed E-state index contributed by atoms with van der Waals surface area (Å²) in [5.74, 6) is -1.18. The summed E-state index contributed by atoms with van der Waals surface area (Å²) in [6.45, 7) is -0.00675. The van der Waals surface area contributed by atoms with Gasteiger partial charge in [0.1, 0.15) is 13.2 Å². The topological polar surface area (TPSA) is 71.1 Å². The molecule has 0 aliphatic carbocycles. The molecule has 2 heterocycles. The minimum atomic E-state index is -0.694. The van der Waals surface area contributed by atoms with Crippen LogP contribution in [0.2, 0.25) is 0 Å². The molecule has 1 aromatic rings. The van der Waals surface area contributed by atoms with Gasteiger partial charge in [0.05, 0.1) is 11.1 Å². The van der Waals surface area contributed by atoms with E-state index in [4.69, 9.17) is 4.74 Å². The van der Waals surface area contributed by atoms with E-state index in [0.29, 0.717) is 5.56 Å². The fourth-order valence-corrected chi connectivity index (χ4v) is 1.13. The van der Waals surface area contributed by atoms with Gasteiger partial charge in [-0.1, -0.05) is 0 Å². The molecule has 3 rings (SSSR count). The zero-order valence-corrected chi connectivity index (χ0v) is 8.17. The zero-order chi connectivity index (χ0) is 11.4. The summed E-state index contributed by atoms with van der Waals surface area (Å²) < 4.78 is 4.84. The minimum absolute atomic E-state index is 0.0120. The fraction of sp³-hybridized carbons (Fsp3) is 0.200. The van der Waals surface area contributed by atoms with Crippen molar-refractivity contribution in [1.29, 1.82) is 0 Å². The van der Waals surface area contributed by atoms with Crippen LogP contribution < -0.4 is 0 Å². The van der Waals surface area contributed by atoms with E-state index in [1.54, 1.807) is 0 Å². The molecule has 0 atom stereocenters. The smallest absolute Gasteiger partial charge is 0.376 e. The molecule has 0 fully saturated rings. The van der Waals surface area contributed by atoms with Gasteiger partial charge < -0.3 is 4.74 Å². The first kappa shape index (κ1) is 10.6. The Balaban J connectivity index is 2.25. The van der Waals surface area contributed by atoms with Crippen molar-refractivity contribution < 1.29 is 29.1 Å². The predicted octanol–water partition coefficient (Wildman–Crippen LogP) is 0.877. The molecule has 0 saturated heterocycles. The Morgan fingerprint density at radius 2 is 1.50 bits per heavy atom. The molecule has 0 radical (unpaired) electrons. The summed E-state index contributed by atoms with van der Waals surface area (Å²) in [5, 5.41) is 4.17. The number of ether oxygens (including phenoxy) is 1. The Morgan fingerprint density at radius 3 is 2.19 bits per heavy atom. The van der Waals surface area contributed by atoms with E-state index < -0.39 is 11.9 Å². The summed E-state index contributed by atoms with van der Waals surface area (Å²) in [7, 11) is 0. The third-order valence-electron chi connectivity index (χ3n) is 1.91. The molecule has 0 unspecified atom stereocenters. The van der Waals surface area contributed by atoms with Crippen molar-refractivity contribution in [2.24, 2.45) is 0 Å². The molecule has 0 spiro atoms. The van der Waals surface area contributed by atoms with Gasteiger partial charge in [0, 0.05) is 0 Å². The lowest BCUT2D eigenvalue weighted by atomic mass is 10.1. The van der Waals surface area contributed by atoms with Crippen molar-refractivity contribution in [3.8, 4) is 0 Å². The van der Waals surface area contributed by atoms with Crippen LogP contribution in [0.5, 0.6) is 0 Å². The number of benzene rings is 1. The number of esters is 1. The summed E-state index contributed by atoms with van der Waals surface area (Å²) >= 11 is 0. The van der Waals surface area contributed by atoms with Crippen LogP contribution in [0.25, 0.3) is 0 Å². The number of carbonyl (C=O) groups is 2. The molecule has 84 valence electrons. The first-order valence-electron chi connectivity index (χ1n) is 4.55. The lowest BCUT2D eigenvalue weighted by molar-refractivity contribution is -0.481. The lowest BCUT2D eigenvalue weighted by Gasteiger charge is -2.07. The van der Waals surface area contributed by atoms with E-state index in [2.05, 4.69) is 14.8 Å². The Morgan fingerprint density at radius 1 is 0.875 bits per heavy atom. The lowest BCUT2D eigenvalue weighted by Crippen LogP contribution is -2.14. The number of fused-ring (bicyclic) bond motifs is 9. The highest BCUT2D eigenvalue weighted by Gasteiger charge is 2.13. The van der Waals surface area contributed by atoms with Gasteiger partial charge in [0.2, 0.25) is 0 Å². The van der Waals surface area contributed by atoms with Crippen LogP contribution in [-0.2, 0) is 19.6 Å². The third-order valence-corrected chi connectivity index (χ3v) is 1.91. The second-order valence-electron chi connectivity index (χ2n) is 2.97.